The van der Waals surface area contributed by atoms with Crippen LogP contribution < -0.4 is 5.32 Å². The van der Waals surface area contributed by atoms with Gasteiger partial charge in [-0.25, -0.2) is 4.98 Å². The molecule has 22 heavy (non-hydrogen) atoms. The maximum absolute atomic E-state index is 12.2. The van der Waals surface area contributed by atoms with Crippen LogP contribution in [-0.2, 0) is 0 Å². The van der Waals surface area contributed by atoms with Crippen molar-refractivity contribution in [2.45, 2.75) is 6.92 Å². The van der Waals surface area contributed by atoms with E-state index in [0.29, 0.717) is 11.4 Å². The average Bonchev–Trinajstić information content (AvgIpc) is 2.56. The highest BCUT2D eigenvalue weighted by molar-refractivity contribution is 6.04. The van der Waals surface area contributed by atoms with Gasteiger partial charge in [0.05, 0.1) is 11.8 Å². The third-order valence-corrected chi connectivity index (χ3v) is 3.19. The molecule has 5 nitrogen and oxygen atoms in total. The predicted octanol–water partition coefficient (Wildman–Crippen LogP) is 3.10. The Morgan fingerprint density at radius 2 is 1.77 bits per heavy atom. The zero-order valence-corrected chi connectivity index (χ0v) is 12.0. The molecule has 0 aliphatic rings. The first-order valence-corrected chi connectivity index (χ1v) is 6.82. The summed E-state index contributed by atoms with van der Waals surface area (Å²) >= 11 is 0. The Morgan fingerprint density at radius 3 is 2.50 bits per heavy atom. The lowest BCUT2D eigenvalue weighted by Crippen LogP contribution is -2.13. The summed E-state index contributed by atoms with van der Waals surface area (Å²) in [5.41, 5.74) is 3.58. The van der Waals surface area contributed by atoms with E-state index in [1.54, 1.807) is 12.4 Å². The molecular weight excluding hydrogens is 276 g/mol. The monoisotopic (exact) mass is 290 g/mol. The molecule has 1 aromatic carbocycles. The van der Waals surface area contributed by atoms with E-state index >= 15 is 0 Å². The number of rotatable bonds is 3. The Hall–Kier alpha value is -3.08. The van der Waals surface area contributed by atoms with E-state index in [-0.39, 0.29) is 5.91 Å². The smallest absolute Gasteiger partial charge is 0.258 e. The minimum Gasteiger partial charge on any atom is -0.305 e. The van der Waals surface area contributed by atoms with Crippen LogP contribution in [0.3, 0.4) is 0 Å². The van der Waals surface area contributed by atoms with Gasteiger partial charge in [-0.1, -0.05) is 29.8 Å². The van der Waals surface area contributed by atoms with Crippen molar-refractivity contribution in [1.29, 1.82) is 0 Å². The molecule has 1 amide bonds. The van der Waals surface area contributed by atoms with Crippen molar-refractivity contribution in [3.8, 4) is 11.1 Å². The number of amides is 1. The number of aromatic nitrogens is 3. The van der Waals surface area contributed by atoms with Crippen molar-refractivity contribution in [2.75, 3.05) is 5.32 Å². The van der Waals surface area contributed by atoms with E-state index in [0.717, 1.165) is 11.1 Å². The highest BCUT2D eigenvalue weighted by Crippen LogP contribution is 2.20. The van der Waals surface area contributed by atoms with Crippen LogP contribution in [-0.4, -0.2) is 20.9 Å². The van der Waals surface area contributed by atoms with Gasteiger partial charge in [0, 0.05) is 30.4 Å². The normalized spacial score (nSPS) is 10.2. The second kappa shape index (κ2) is 6.13. The molecule has 0 saturated carbocycles. The minimum atomic E-state index is -0.262. The van der Waals surface area contributed by atoms with Crippen LogP contribution in [0.15, 0.2) is 61.3 Å². The van der Waals surface area contributed by atoms with Gasteiger partial charge in [0.15, 0.2) is 5.82 Å². The third kappa shape index (κ3) is 3.15. The number of carbonyl (C=O) groups is 1. The Morgan fingerprint density at radius 1 is 0.955 bits per heavy atom. The van der Waals surface area contributed by atoms with E-state index in [2.05, 4.69) is 20.3 Å². The molecule has 1 N–H and O–H groups in total. The highest BCUT2D eigenvalue weighted by Gasteiger charge is 2.09. The lowest BCUT2D eigenvalue weighted by atomic mass is 10.0. The van der Waals surface area contributed by atoms with E-state index in [4.69, 9.17) is 0 Å². The Kier molecular flexibility index (Phi) is 3.87. The van der Waals surface area contributed by atoms with Crippen LogP contribution in [0.5, 0.6) is 0 Å². The molecule has 3 rings (SSSR count). The summed E-state index contributed by atoms with van der Waals surface area (Å²) in [7, 11) is 0. The summed E-state index contributed by atoms with van der Waals surface area (Å²) in [4.78, 5) is 24.3. The Balaban J connectivity index is 1.84. The van der Waals surface area contributed by atoms with E-state index in [1.807, 2.05) is 37.3 Å². The molecule has 0 aliphatic heterocycles. The molecule has 0 atom stereocenters. The molecule has 3 aromatic rings. The van der Waals surface area contributed by atoms with Crippen LogP contribution in [0.2, 0.25) is 0 Å². The van der Waals surface area contributed by atoms with Crippen molar-refractivity contribution in [3.63, 3.8) is 0 Å². The lowest BCUT2D eigenvalue weighted by Gasteiger charge is -2.06. The molecule has 2 heterocycles. The Labute approximate surface area is 128 Å². The quantitative estimate of drug-likeness (QED) is 0.804. The van der Waals surface area contributed by atoms with E-state index in [1.165, 1.54) is 24.2 Å². The van der Waals surface area contributed by atoms with Gasteiger partial charge in [-0.15, -0.1) is 0 Å². The second-order valence-corrected chi connectivity index (χ2v) is 4.87. The SMILES string of the molecule is Cc1ccc(-c2cncc(C(=O)Nc3cnccn3)c2)cc1. The number of pyridine rings is 1. The Bertz CT molecular complexity index is 785. The predicted molar refractivity (Wildman–Crippen MR) is 84.4 cm³/mol. The van der Waals surface area contributed by atoms with E-state index in [9.17, 15) is 4.79 Å². The fraction of sp³-hybridized carbons (Fsp3) is 0.0588. The number of anilines is 1. The summed E-state index contributed by atoms with van der Waals surface area (Å²) < 4.78 is 0. The van der Waals surface area contributed by atoms with Crippen LogP contribution in [0, 0.1) is 6.92 Å². The van der Waals surface area contributed by atoms with Crippen molar-refractivity contribution < 1.29 is 4.79 Å². The lowest BCUT2D eigenvalue weighted by molar-refractivity contribution is 0.102. The summed E-state index contributed by atoms with van der Waals surface area (Å²) in [5, 5.41) is 2.69. The number of hydrogen-bond acceptors (Lipinski definition) is 4. The number of hydrogen-bond donors (Lipinski definition) is 1. The van der Waals surface area contributed by atoms with Crippen molar-refractivity contribution in [3.05, 3.63) is 72.4 Å². The maximum Gasteiger partial charge on any atom is 0.258 e. The van der Waals surface area contributed by atoms with Gasteiger partial charge in [0.25, 0.3) is 5.91 Å². The molecule has 0 unspecified atom stereocenters. The van der Waals surface area contributed by atoms with Gasteiger partial charge in [-0.2, -0.15) is 0 Å². The number of carbonyl (C=O) groups excluding carboxylic acids is 1. The summed E-state index contributed by atoms with van der Waals surface area (Å²) in [6.07, 6.45) is 7.84. The molecule has 0 radical (unpaired) electrons. The molecule has 5 heteroatoms. The highest BCUT2D eigenvalue weighted by atomic mass is 16.1. The van der Waals surface area contributed by atoms with Gasteiger partial charge >= 0.3 is 0 Å². The van der Waals surface area contributed by atoms with Crippen LogP contribution in [0.4, 0.5) is 5.82 Å². The first-order valence-electron chi connectivity index (χ1n) is 6.82. The average molecular weight is 290 g/mol. The van der Waals surface area contributed by atoms with E-state index < -0.39 is 0 Å². The van der Waals surface area contributed by atoms with Gasteiger partial charge in [-0.3, -0.25) is 14.8 Å². The molecule has 0 saturated heterocycles. The first-order chi connectivity index (χ1) is 10.7. The molecule has 0 spiro atoms. The largest absolute Gasteiger partial charge is 0.305 e. The van der Waals surface area contributed by atoms with Gasteiger partial charge in [0.1, 0.15) is 0 Å². The molecule has 2 aromatic heterocycles. The number of aryl methyl sites for hydroxylation is 1. The third-order valence-electron chi connectivity index (χ3n) is 3.19. The van der Waals surface area contributed by atoms with Gasteiger partial charge in [0.2, 0.25) is 0 Å². The van der Waals surface area contributed by atoms with Gasteiger partial charge < -0.3 is 5.32 Å². The van der Waals surface area contributed by atoms with Gasteiger partial charge in [-0.05, 0) is 18.6 Å². The fourth-order valence-corrected chi connectivity index (χ4v) is 2.02. The van der Waals surface area contributed by atoms with Crippen LogP contribution >= 0.6 is 0 Å². The number of nitrogens with zero attached hydrogens (tertiary/aromatic N) is 3. The van der Waals surface area contributed by atoms with Crippen molar-refractivity contribution >= 4 is 11.7 Å². The molecule has 108 valence electrons. The molecule has 0 fully saturated rings. The van der Waals surface area contributed by atoms with Crippen molar-refractivity contribution in [1.82, 2.24) is 15.0 Å². The topological polar surface area (TPSA) is 67.8 Å². The number of nitrogens with one attached hydrogen (secondary N) is 1. The maximum atomic E-state index is 12.2. The second-order valence-electron chi connectivity index (χ2n) is 4.87. The summed E-state index contributed by atoms with van der Waals surface area (Å²) in [6.45, 7) is 2.03. The van der Waals surface area contributed by atoms with Crippen LogP contribution in [0.1, 0.15) is 15.9 Å². The summed E-state index contributed by atoms with van der Waals surface area (Å²) in [6, 6.07) is 9.89. The fourth-order valence-electron chi connectivity index (χ4n) is 2.02. The summed E-state index contributed by atoms with van der Waals surface area (Å²) in [5.74, 6) is 0.148. The zero-order chi connectivity index (χ0) is 15.4. The molecule has 0 aliphatic carbocycles. The molecular formula is C17H14N4O. The minimum absolute atomic E-state index is 0.262. The van der Waals surface area contributed by atoms with Crippen molar-refractivity contribution in [2.24, 2.45) is 0 Å². The zero-order valence-electron chi connectivity index (χ0n) is 12.0. The first kappa shape index (κ1) is 13.9. The van der Waals surface area contributed by atoms with Crippen LogP contribution in [0.25, 0.3) is 11.1 Å². The molecule has 0 bridgehead atoms. The number of benzene rings is 1. The standard InChI is InChI=1S/C17H14N4O/c1-12-2-4-13(5-3-12)14-8-15(10-19-9-14)17(22)21-16-11-18-6-7-20-16/h2-11H,1H3,(H,20,21,22).